The van der Waals surface area contributed by atoms with Crippen LogP contribution in [0.15, 0.2) is 115 Å². The van der Waals surface area contributed by atoms with Gasteiger partial charge in [-0.2, -0.15) is 0 Å². The Morgan fingerprint density at radius 3 is 0.897 bits per heavy atom. The van der Waals surface area contributed by atoms with Crippen molar-refractivity contribution in [3.63, 3.8) is 0 Å². The zero-order valence-corrected chi connectivity index (χ0v) is 27.1. The first kappa shape index (κ1) is 27.8. The van der Waals surface area contributed by atoms with Gasteiger partial charge in [-0.3, -0.25) is 0 Å². The fourth-order valence-electron chi connectivity index (χ4n) is 5.13. The van der Waals surface area contributed by atoms with Crippen molar-refractivity contribution in [1.82, 2.24) is 0 Å². The molecule has 0 amide bonds. The Labute approximate surface area is 261 Å². The standard InChI is InChI=1S/C31H24Br4O4/c32-25-9-1-5-21(13-25)30(22-6-2-10-26(33)14-22)36-17-29(18-37-30)19-38-31(39-20-29,23-7-3-11-27(34)15-23)24-8-4-12-28(35)16-24/h1-16H,17-20H2. The molecule has 4 nitrogen and oxygen atoms in total. The van der Waals surface area contributed by atoms with Crippen LogP contribution in [0.3, 0.4) is 0 Å². The molecule has 1 spiro atoms. The Bertz CT molecular complexity index is 1280. The van der Waals surface area contributed by atoms with Gasteiger partial charge in [0.1, 0.15) is 0 Å². The molecule has 2 aliphatic rings. The maximum Gasteiger partial charge on any atom is 0.222 e. The lowest BCUT2D eigenvalue weighted by Gasteiger charge is -2.51. The Kier molecular flexibility index (Phi) is 7.94. The molecule has 200 valence electrons. The molecule has 4 aromatic carbocycles. The van der Waals surface area contributed by atoms with Crippen LogP contribution >= 0.6 is 63.7 Å². The molecule has 39 heavy (non-hydrogen) atoms. The summed E-state index contributed by atoms with van der Waals surface area (Å²) in [4.78, 5) is 0. The smallest absolute Gasteiger partial charge is 0.222 e. The van der Waals surface area contributed by atoms with E-state index in [0.717, 1.165) is 40.1 Å². The largest absolute Gasteiger partial charge is 0.341 e. The van der Waals surface area contributed by atoms with Crippen LogP contribution in [0.5, 0.6) is 0 Å². The lowest BCUT2D eigenvalue weighted by atomic mass is 9.86. The summed E-state index contributed by atoms with van der Waals surface area (Å²) in [5, 5.41) is 0. The third kappa shape index (κ3) is 5.35. The van der Waals surface area contributed by atoms with E-state index < -0.39 is 17.0 Å². The Morgan fingerprint density at radius 1 is 0.410 bits per heavy atom. The minimum absolute atomic E-state index is 0.402. The van der Waals surface area contributed by atoms with Crippen molar-refractivity contribution in [2.75, 3.05) is 26.4 Å². The predicted octanol–water partition coefficient (Wildman–Crippen LogP) is 8.92. The lowest BCUT2D eigenvalue weighted by molar-refractivity contribution is -0.357. The van der Waals surface area contributed by atoms with Gasteiger partial charge in [0.05, 0.1) is 31.8 Å². The van der Waals surface area contributed by atoms with Gasteiger partial charge in [0.15, 0.2) is 0 Å². The van der Waals surface area contributed by atoms with E-state index in [-0.39, 0.29) is 0 Å². The number of hydrogen-bond donors (Lipinski definition) is 0. The Hall–Kier alpha value is -1.36. The van der Waals surface area contributed by atoms with E-state index in [1.54, 1.807) is 0 Å². The van der Waals surface area contributed by atoms with Crippen molar-refractivity contribution < 1.29 is 18.9 Å². The minimum Gasteiger partial charge on any atom is -0.341 e. The summed E-state index contributed by atoms with van der Waals surface area (Å²) in [6.07, 6.45) is 0. The van der Waals surface area contributed by atoms with E-state index >= 15 is 0 Å². The third-order valence-corrected chi connectivity index (χ3v) is 9.12. The van der Waals surface area contributed by atoms with Crippen LogP contribution in [-0.4, -0.2) is 26.4 Å². The maximum absolute atomic E-state index is 6.72. The Balaban J connectivity index is 1.32. The van der Waals surface area contributed by atoms with E-state index in [2.05, 4.69) is 63.7 Å². The van der Waals surface area contributed by atoms with Crippen LogP contribution < -0.4 is 0 Å². The fourth-order valence-corrected chi connectivity index (χ4v) is 6.72. The highest BCUT2D eigenvalue weighted by Crippen LogP contribution is 2.48. The van der Waals surface area contributed by atoms with Crippen molar-refractivity contribution in [2.45, 2.75) is 11.6 Å². The molecule has 0 radical (unpaired) electrons. The normalized spacial score (nSPS) is 19.6. The van der Waals surface area contributed by atoms with Gasteiger partial charge in [0, 0.05) is 40.1 Å². The molecule has 4 aromatic rings. The molecule has 0 N–H and O–H groups in total. The van der Waals surface area contributed by atoms with Gasteiger partial charge in [-0.1, -0.05) is 112 Å². The van der Waals surface area contributed by atoms with Crippen LogP contribution in [0.4, 0.5) is 0 Å². The first-order chi connectivity index (χ1) is 18.8. The molecule has 0 bridgehead atoms. The van der Waals surface area contributed by atoms with Gasteiger partial charge in [-0.05, 0) is 48.5 Å². The topological polar surface area (TPSA) is 36.9 Å². The van der Waals surface area contributed by atoms with Crippen molar-refractivity contribution in [3.8, 4) is 0 Å². The molecule has 0 saturated carbocycles. The summed E-state index contributed by atoms with van der Waals surface area (Å²) in [5.41, 5.74) is 3.20. The van der Waals surface area contributed by atoms with Crippen molar-refractivity contribution in [3.05, 3.63) is 137 Å². The van der Waals surface area contributed by atoms with Crippen LogP contribution in [0, 0.1) is 5.41 Å². The van der Waals surface area contributed by atoms with Gasteiger partial charge in [0.2, 0.25) is 11.6 Å². The highest BCUT2D eigenvalue weighted by molar-refractivity contribution is 9.11. The zero-order chi connectivity index (χ0) is 27.1. The summed E-state index contributed by atoms with van der Waals surface area (Å²) < 4.78 is 30.7. The molecule has 0 atom stereocenters. The highest BCUT2D eigenvalue weighted by Gasteiger charge is 2.53. The molecule has 2 aliphatic heterocycles. The lowest BCUT2D eigenvalue weighted by Crippen LogP contribution is -2.57. The number of ether oxygens (including phenoxy) is 4. The first-order valence-corrected chi connectivity index (χ1v) is 15.6. The van der Waals surface area contributed by atoms with Crippen LogP contribution in [-0.2, 0) is 30.5 Å². The van der Waals surface area contributed by atoms with Gasteiger partial charge >= 0.3 is 0 Å². The molecule has 0 aliphatic carbocycles. The second-order valence-electron chi connectivity index (χ2n) is 9.93. The summed E-state index contributed by atoms with van der Waals surface area (Å²) >= 11 is 14.4. The fraction of sp³-hybridized carbons (Fsp3) is 0.226. The number of halogens is 4. The van der Waals surface area contributed by atoms with Crippen LogP contribution in [0.25, 0.3) is 0 Å². The molecule has 0 unspecified atom stereocenters. The molecule has 2 saturated heterocycles. The van der Waals surface area contributed by atoms with Gasteiger partial charge in [-0.15, -0.1) is 0 Å². The van der Waals surface area contributed by atoms with E-state index in [0.29, 0.717) is 26.4 Å². The van der Waals surface area contributed by atoms with E-state index in [1.807, 2.05) is 97.1 Å². The first-order valence-electron chi connectivity index (χ1n) is 12.4. The van der Waals surface area contributed by atoms with E-state index in [9.17, 15) is 0 Å². The van der Waals surface area contributed by atoms with Crippen molar-refractivity contribution in [2.24, 2.45) is 5.41 Å². The van der Waals surface area contributed by atoms with Crippen LogP contribution in [0.1, 0.15) is 22.3 Å². The Morgan fingerprint density at radius 2 is 0.667 bits per heavy atom. The predicted molar refractivity (Wildman–Crippen MR) is 164 cm³/mol. The molecule has 2 fully saturated rings. The number of hydrogen-bond acceptors (Lipinski definition) is 4. The average Bonchev–Trinajstić information content (AvgIpc) is 2.94. The number of rotatable bonds is 4. The quantitative estimate of drug-likeness (QED) is 0.208. The summed E-state index contributed by atoms with van der Waals surface area (Å²) in [7, 11) is 0. The monoisotopic (exact) mass is 776 g/mol. The molecule has 8 heteroatoms. The second kappa shape index (κ2) is 11.1. The molecule has 6 rings (SSSR count). The third-order valence-electron chi connectivity index (χ3n) is 7.15. The zero-order valence-electron chi connectivity index (χ0n) is 20.7. The summed E-state index contributed by atoms with van der Waals surface area (Å²) in [6.45, 7) is 1.61. The van der Waals surface area contributed by atoms with Crippen molar-refractivity contribution in [1.29, 1.82) is 0 Å². The van der Waals surface area contributed by atoms with Gasteiger partial charge < -0.3 is 18.9 Å². The highest BCUT2D eigenvalue weighted by atomic mass is 79.9. The molecular formula is C31H24Br4O4. The van der Waals surface area contributed by atoms with Crippen LogP contribution in [0.2, 0.25) is 0 Å². The maximum atomic E-state index is 6.72. The van der Waals surface area contributed by atoms with Crippen molar-refractivity contribution >= 4 is 63.7 Å². The average molecular weight is 780 g/mol. The summed E-state index contributed by atoms with van der Waals surface area (Å²) in [5.74, 6) is -2.11. The van der Waals surface area contributed by atoms with Gasteiger partial charge in [0.25, 0.3) is 0 Å². The molecule has 0 aromatic heterocycles. The minimum atomic E-state index is -1.05. The van der Waals surface area contributed by atoms with Gasteiger partial charge in [-0.25, -0.2) is 0 Å². The molecular weight excluding hydrogens is 756 g/mol. The SMILES string of the molecule is Brc1cccc(C2(c3cccc(Br)c3)OCC3(CO2)COC(c2cccc(Br)c2)(c2cccc(Br)c2)OC3)c1. The van der Waals surface area contributed by atoms with E-state index in [4.69, 9.17) is 18.9 Å². The molecule has 2 heterocycles. The summed E-state index contributed by atoms with van der Waals surface area (Å²) in [6, 6.07) is 32.2. The number of benzene rings is 4. The second-order valence-corrected chi connectivity index (χ2v) is 13.6. The van der Waals surface area contributed by atoms with E-state index in [1.165, 1.54) is 0 Å².